The summed E-state index contributed by atoms with van der Waals surface area (Å²) in [6.07, 6.45) is 4.90. The zero-order valence-corrected chi connectivity index (χ0v) is 22.0. The summed E-state index contributed by atoms with van der Waals surface area (Å²) in [5.41, 5.74) is 5.82. The number of likely N-dealkylation sites (tertiary alicyclic amines) is 1. The number of nitrogens with one attached hydrogen (secondary N) is 1. The molecule has 2 amide bonds. The van der Waals surface area contributed by atoms with Gasteiger partial charge in [0.1, 0.15) is 11.8 Å². The van der Waals surface area contributed by atoms with E-state index in [0.717, 1.165) is 39.8 Å². The summed E-state index contributed by atoms with van der Waals surface area (Å²) in [6, 6.07) is 16.2. The lowest BCUT2D eigenvalue weighted by molar-refractivity contribution is -0.144. The molecule has 6 nitrogen and oxygen atoms in total. The van der Waals surface area contributed by atoms with Gasteiger partial charge in [0.2, 0.25) is 11.8 Å². The second-order valence-corrected chi connectivity index (χ2v) is 10.2. The molecule has 1 fully saturated rings. The van der Waals surface area contributed by atoms with Gasteiger partial charge in [0.25, 0.3) is 0 Å². The maximum absolute atomic E-state index is 13.9. The van der Waals surface area contributed by atoms with Gasteiger partial charge in [-0.1, -0.05) is 55.5 Å². The molecule has 1 N–H and O–H groups in total. The minimum atomic E-state index is -0.763. The lowest BCUT2D eigenvalue weighted by atomic mass is 9.93. The van der Waals surface area contributed by atoms with Gasteiger partial charge in [0.05, 0.1) is 6.04 Å². The molecule has 0 spiro atoms. The highest BCUT2D eigenvalue weighted by atomic mass is 16.2. The largest absolute Gasteiger partial charge is 0.347 e. The Morgan fingerprint density at radius 1 is 1.03 bits per heavy atom. The number of piperidine rings is 1. The molecular weight excluding hydrogens is 462 g/mol. The van der Waals surface area contributed by atoms with Crippen LogP contribution in [0.4, 0.5) is 0 Å². The minimum absolute atomic E-state index is 0.0242. The predicted octanol–water partition coefficient (Wildman–Crippen LogP) is 5.50. The molecular formula is C31H35N3O3. The van der Waals surface area contributed by atoms with E-state index in [9.17, 15) is 14.4 Å². The Morgan fingerprint density at radius 2 is 1.73 bits per heavy atom. The highest BCUT2D eigenvalue weighted by molar-refractivity contribution is 5.90. The van der Waals surface area contributed by atoms with Gasteiger partial charge in [0, 0.05) is 37.3 Å². The van der Waals surface area contributed by atoms with Crippen LogP contribution in [0, 0.1) is 19.8 Å². The van der Waals surface area contributed by atoms with Gasteiger partial charge in [-0.15, -0.1) is 0 Å². The topological polar surface area (TPSA) is 79.4 Å². The number of aryl methyl sites for hydroxylation is 2. The number of hydrogen-bond donors (Lipinski definition) is 1. The van der Waals surface area contributed by atoms with Gasteiger partial charge >= 0.3 is 0 Å². The van der Waals surface area contributed by atoms with Crippen molar-refractivity contribution in [1.29, 1.82) is 0 Å². The standard InChI is InChI=1S/C31H35N3O3/c1-20-13-14-28(36)34(19-20)30(24-11-6-5-7-12-24)31(37)33-27(15-23(4)35)25-16-26(18-32-17-25)29-21(2)9-8-10-22(29)3/h5-12,16-18,20,27,30H,13-15,19H2,1-4H3,(H,33,37)/t20?,27-,30+/m0/s1. The molecule has 6 heteroatoms. The molecule has 1 unspecified atom stereocenters. The highest BCUT2D eigenvalue weighted by Gasteiger charge is 2.35. The molecule has 0 bridgehead atoms. The van der Waals surface area contributed by atoms with E-state index < -0.39 is 12.1 Å². The first-order valence-electron chi connectivity index (χ1n) is 12.9. The Labute approximate surface area is 219 Å². The third-order valence-corrected chi connectivity index (χ3v) is 7.09. The number of ketones is 1. The molecule has 192 valence electrons. The highest BCUT2D eigenvalue weighted by Crippen LogP contribution is 2.31. The zero-order chi connectivity index (χ0) is 26.5. The normalized spacial score (nSPS) is 17.2. The molecule has 0 saturated carbocycles. The molecule has 0 radical (unpaired) electrons. The van der Waals surface area contributed by atoms with E-state index in [0.29, 0.717) is 18.9 Å². The van der Waals surface area contributed by atoms with Crippen molar-refractivity contribution in [1.82, 2.24) is 15.2 Å². The van der Waals surface area contributed by atoms with Crippen LogP contribution in [-0.4, -0.2) is 34.0 Å². The van der Waals surface area contributed by atoms with Crippen LogP contribution in [-0.2, 0) is 14.4 Å². The van der Waals surface area contributed by atoms with Crippen LogP contribution in [0.15, 0.2) is 67.0 Å². The Kier molecular flexibility index (Phi) is 8.17. The Balaban J connectivity index is 1.69. The summed E-state index contributed by atoms with van der Waals surface area (Å²) >= 11 is 0. The fourth-order valence-electron chi connectivity index (χ4n) is 5.25. The van der Waals surface area contributed by atoms with E-state index >= 15 is 0 Å². The van der Waals surface area contributed by atoms with Crippen molar-refractivity contribution in [3.63, 3.8) is 0 Å². The maximum atomic E-state index is 13.9. The average molecular weight is 498 g/mol. The van der Waals surface area contributed by atoms with Crippen LogP contribution in [0.1, 0.15) is 67.4 Å². The number of pyridine rings is 1. The Morgan fingerprint density at radius 3 is 2.41 bits per heavy atom. The first-order valence-corrected chi connectivity index (χ1v) is 12.9. The molecule has 1 saturated heterocycles. The molecule has 1 aliphatic rings. The fourth-order valence-corrected chi connectivity index (χ4v) is 5.25. The summed E-state index contributed by atoms with van der Waals surface area (Å²) in [5.74, 6) is -0.0500. The average Bonchev–Trinajstić information content (AvgIpc) is 2.86. The second-order valence-electron chi connectivity index (χ2n) is 10.2. The van der Waals surface area contributed by atoms with Crippen molar-refractivity contribution in [2.24, 2.45) is 5.92 Å². The van der Waals surface area contributed by atoms with Crippen LogP contribution in [0.25, 0.3) is 11.1 Å². The van der Waals surface area contributed by atoms with Crippen molar-refractivity contribution < 1.29 is 14.4 Å². The first kappa shape index (κ1) is 26.3. The molecule has 2 heterocycles. The number of carbonyl (C=O) groups is 3. The van der Waals surface area contributed by atoms with E-state index in [1.807, 2.05) is 48.7 Å². The quantitative estimate of drug-likeness (QED) is 0.446. The summed E-state index contributed by atoms with van der Waals surface area (Å²) in [4.78, 5) is 45.3. The number of amides is 2. The number of aromatic nitrogens is 1. The smallest absolute Gasteiger partial charge is 0.247 e. The lowest BCUT2D eigenvalue weighted by Crippen LogP contribution is -2.48. The molecule has 3 atom stereocenters. The van der Waals surface area contributed by atoms with Crippen LogP contribution in [0.3, 0.4) is 0 Å². The minimum Gasteiger partial charge on any atom is -0.347 e. The molecule has 2 aromatic carbocycles. The Hall–Kier alpha value is -3.80. The number of hydrogen-bond acceptors (Lipinski definition) is 4. The maximum Gasteiger partial charge on any atom is 0.247 e. The van der Waals surface area contributed by atoms with Crippen LogP contribution >= 0.6 is 0 Å². The van der Waals surface area contributed by atoms with Gasteiger partial charge in [-0.25, -0.2) is 0 Å². The van der Waals surface area contributed by atoms with Crippen molar-refractivity contribution >= 4 is 17.6 Å². The van der Waals surface area contributed by atoms with E-state index in [1.165, 1.54) is 6.92 Å². The molecule has 1 aromatic heterocycles. The summed E-state index contributed by atoms with van der Waals surface area (Å²) in [6.45, 7) is 8.26. The number of carbonyl (C=O) groups excluding carboxylic acids is 3. The van der Waals surface area contributed by atoms with Crippen LogP contribution in [0.5, 0.6) is 0 Å². The van der Waals surface area contributed by atoms with Crippen LogP contribution in [0.2, 0.25) is 0 Å². The van der Waals surface area contributed by atoms with Crippen molar-refractivity contribution in [3.05, 3.63) is 89.2 Å². The van der Waals surface area contributed by atoms with E-state index in [1.54, 1.807) is 11.1 Å². The molecule has 3 aromatic rings. The third kappa shape index (κ3) is 6.13. The van der Waals surface area contributed by atoms with E-state index in [2.05, 4.69) is 43.2 Å². The fraction of sp³-hybridized carbons (Fsp3) is 0.355. The molecule has 0 aliphatic carbocycles. The summed E-state index contributed by atoms with van der Waals surface area (Å²) in [5, 5.41) is 3.11. The summed E-state index contributed by atoms with van der Waals surface area (Å²) in [7, 11) is 0. The molecule has 4 rings (SSSR count). The zero-order valence-electron chi connectivity index (χ0n) is 22.0. The van der Waals surface area contributed by atoms with Crippen molar-refractivity contribution in [2.75, 3.05) is 6.54 Å². The van der Waals surface area contributed by atoms with Gasteiger partial charge in [-0.05, 0) is 67.0 Å². The Bertz CT molecular complexity index is 1270. The predicted molar refractivity (Wildman–Crippen MR) is 145 cm³/mol. The van der Waals surface area contributed by atoms with Crippen molar-refractivity contribution in [2.45, 2.75) is 59.0 Å². The van der Waals surface area contributed by atoms with Gasteiger partial charge in [0.15, 0.2) is 0 Å². The third-order valence-electron chi connectivity index (χ3n) is 7.09. The van der Waals surface area contributed by atoms with E-state index in [4.69, 9.17) is 0 Å². The number of rotatable bonds is 8. The molecule has 37 heavy (non-hydrogen) atoms. The monoisotopic (exact) mass is 497 g/mol. The number of nitrogens with zero attached hydrogens (tertiary/aromatic N) is 2. The lowest BCUT2D eigenvalue weighted by Gasteiger charge is -2.37. The van der Waals surface area contributed by atoms with Crippen molar-refractivity contribution in [3.8, 4) is 11.1 Å². The van der Waals surface area contributed by atoms with Gasteiger partial charge < -0.3 is 10.2 Å². The second kappa shape index (κ2) is 11.5. The molecule has 1 aliphatic heterocycles. The number of Topliss-reactive ketones (excluding diaryl/α,β-unsaturated/α-hetero) is 1. The summed E-state index contributed by atoms with van der Waals surface area (Å²) < 4.78 is 0. The van der Waals surface area contributed by atoms with Gasteiger partial charge in [-0.2, -0.15) is 0 Å². The van der Waals surface area contributed by atoms with Gasteiger partial charge in [-0.3, -0.25) is 19.4 Å². The first-order chi connectivity index (χ1) is 17.7. The number of benzene rings is 2. The van der Waals surface area contributed by atoms with E-state index in [-0.39, 0.29) is 24.0 Å². The SMILES string of the molecule is CC(=O)C[C@H](NC(=O)[C@@H](c1ccccc1)N1CC(C)CCC1=O)c1cncc(-c2c(C)cccc2C)c1. The van der Waals surface area contributed by atoms with Crippen LogP contribution < -0.4 is 5.32 Å².